The molecule has 5 heteroatoms. The van der Waals surface area contributed by atoms with Gasteiger partial charge in [-0.1, -0.05) is 0 Å². The molecule has 17 heavy (non-hydrogen) atoms. The molecule has 0 radical (unpaired) electrons. The maximum Gasteiger partial charge on any atom is 0.227 e. The molecule has 1 aromatic carbocycles. The lowest BCUT2D eigenvalue weighted by molar-refractivity contribution is -0.117. The topological polar surface area (TPSA) is 33.2 Å². The second-order valence-corrected chi connectivity index (χ2v) is 5.43. The minimum absolute atomic E-state index is 0.158. The summed E-state index contributed by atoms with van der Waals surface area (Å²) in [5, 5.41) is 0. The van der Waals surface area contributed by atoms with Crippen LogP contribution in [0.4, 0.5) is 5.69 Å². The van der Waals surface area contributed by atoms with Gasteiger partial charge in [-0.3, -0.25) is 4.79 Å². The van der Waals surface area contributed by atoms with Crippen LogP contribution in [-0.4, -0.2) is 23.3 Å². The van der Waals surface area contributed by atoms with E-state index in [1.54, 1.807) is 11.3 Å². The quantitative estimate of drug-likeness (QED) is 0.783. The van der Waals surface area contributed by atoms with Crippen LogP contribution in [0.25, 0.3) is 10.2 Å². The van der Waals surface area contributed by atoms with E-state index < -0.39 is 0 Å². The fraction of sp³-hybridized carbons (Fsp3) is 0.333. The first-order chi connectivity index (χ1) is 8.28. The smallest absolute Gasteiger partial charge is 0.227 e. The molecule has 3 nitrogen and oxygen atoms in total. The third-order valence-corrected chi connectivity index (χ3v) is 4.30. The summed E-state index contributed by atoms with van der Waals surface area (Å²) < 4.78 is 1.15. The number of carbonyl (C=O) groups excluding carboxylic acids is 1. The van der Waals surface area contributed by atoms with Gasteiger partial charge < -0.3 is 4.90 Å². The molecule has 1 fully saturated rings. The van der Waals surface area contributed by atoms with Gasteiger partial charge in [0.05, 0.1) is 15.7 Å². The van der Waals surface area contributed by atoms with Crippen molar-refractivity contribution in [3.63, 3.8) is 0 Å². The third-order valence-electron chi connectivity index (χ3n) is 3.05. The maximum absolute atomic E-state index is 11.9. The summed E-state index contributed by atoms with van der Waals surface area (Å²) in [5.74, 6) is 0.974. The van der Waals surface area contributed by atoms with E-state index in [1.165, 1.54) is 0 Å². The highest BCUT2D eigenvalue weighted by Crippen LogP contribution is 2.29. The second kappa shape index (κ2) is 4.27. The summed E-state index contributed by atoms with van der Waals surface area (Å²) >= 11 is 7.42. The minimum Gasteiger partial charge on any atom is -0.312 e. The van der Waals surface area contributed by atoms with E-state index in [9.17, 15) is 4.79 Å². The number of rotatable bonds is 2. The number of nitrogens with zero attached hydrogens (tertiary/aromatic N) is 2. The van der Waals surface area contributed by atoms with Gasteiger partial charge in [0.15, 0.2) is 0 Å². The molecule has 88 valence electrons. The third kappa shape index (κ3) is 1.91. The lowest BCUT2D eigenvalue weighted by Gasteiger charge is -2.16. The molecule has 0 aliphatic carbocycles. The summed E-state index contributed by atoms with van der Waals surface area (Å²) in [6.45, 7) is 0.720. The summed E-state index contributed by atoms with van der Waals surface area (Å²) in [5.41, 5.74) is 3.71. The number of amides is 1. The molecule has 1 aliphatic heterocycles. The van der Waals surface area contributed by atoms with Crippen LogP contribution >= 0.6 is 22.9 Å². The predicted octanol–water partition coefficient (Wildman–Crippen LogP) is 2.89. The zero-order valence-electron chi connectivity index (χ0n) is 9.10. The Hall–Kier alpha value is -1.13. The van der Waals surface area contributed by atoms with Crippen LogP contribution in [0, 0.1) is 5.92 Å². The first-order valence-electron chi connectivity index (χ1n) is 5.47. The number of benzene rings is 1. The Labute approximate surface area is 108 Å². The van der Waals surface area contributed by atoms with Gasteiger partial charge in [-0.05, 0) is 24.1 Å². The number of hydrogen-bond acceptors (Lipinski definition) is 3. The van der Waals surface area contributed by atoms with Crippen molar-refractivity contribution in [1.82, 2.24) is 4.98 Å². The average molecular weight is 267 g/mol. The van der Waals surface area contributed by atoms with Gasteiger partial charge in [-0.25, -0.2) is 4.98 Å². The lowest BCUT2D eigenvalue weighted by atomic mass is 10.1. The monoisotopic (exact) mass is 266 g/mol. The Morgan fingerprint density at radius 3 is 3.18 bits per heavy atom. The molecule has 1 saturated heterocycles. The van der Waals surface area contributed by atoms with Crippen molar-refractivity contribution < 1.29 is 4.79 Å². The van der Waals surface area contributed by atoms with Gasteiger partial charge in [0.1, 0.15) is 0 Å². The average Bonchev–Trinajstić information content (AvgIpc) is 2.93. The van der Waals surface area contributed by atoms with Crippen LogP contribution < -0.4 is 4.90 Å². The SMILES string of the molecule is O=C1CC(CCl)CN1c1ccc2scnc2c1. The van der Waals surface area contributed by atoms with Crippen LogP contribution in [0.15, 0.2) is 23.7 Å². The van der Waals surface area contributed by atoms with Gasteiger partial charge in [-0.15, -0.1) is 22.9 Å². The fourth-order valence-electron chi connectivity index (χ4n) is 2.15. The van der Waals surface area contributed by atoms with Crippen LogP contribution in [-0.2, 0) is 4.79 Å². The summed E-state index contributed by atoms with van der Waals surface area (Å²) in [6.07, 6.45) is 0.554. The van der Waals surface area contributed by atoms with Crippen molar-refractivity contribution in [3.8, 4) is 0 Å². The molecule has 1 amide bonds. The molecule has 2 aromatic rings. The fourth-order valence-corrected chi connectivity index (χ4v) is 3.01. The lowest BCUT2D eigenvalue weighted by Crippen LogP contribution is -2.24. The zero-order chi connectivity index (χ0) is 11.8. The summed E-state index contributed by atoms with van der Waals surface area (Å²) in [4.78, 5) is 17.9. The van der Waals surface area contributed by atoms with Gasteiger partial charge in [0.25, 0.3) is 0 Å². The van der Waals surface area contributed by atoms with E-state index in [4.69, 9.17) is 11.6 Å². The molecule has 0 spiro atoms. The second-order valence-electron chi connectivity index (χ2n) is 4.23. The van der Waals surface area contributed by atoms with Crippen molar-refractivity contribution in [2.45, 2.75) is 6.42 Å². The Kier molecular flexibility index (Phi) is 2.76. The highest BCUT2D eigenvalue weighted by Gasteiger charge is 2.29. The molecule has 3 rings (SSSR count). The number of halogens is 1. The number of anilines is 1. The van der Waals surface area contributed by atoms with Gasteiger partial charge in [0, 0.05) is 24.5 Å². The number of thiazole rings is 1. The molecular formula is C12H11ClN2OS. The molecule has 0 N–H and O–H groups in total. The predicted molar refractivity (Wildman–Crippen MR) is 70.8 cm³/mol. The Bertz CT molecular complexity index is 568. The van der Waals surface area contributed by atoms with Gasteiger partial charge in [0.2, 0.25) is 5.91 Å². The van der Waals surface area contributed by atoms with Gasteiger partial charge in [-0.2, -0.15) is 0 Å². The molecule has 0 bridgehead atoms. The van der Waals surface area contributed by atoms with E-state index in [1.807, 2.05) is 28.6 Å². The molecule has 1 atom stereocenters. The van der Waals surface area contributed by atoms with Crippen molar-refractivity contribution in [1.29, 1.82) is 0 Å². The molecule has 2 heterocycles. The molecule has 1 unspecified atom stereocenters. The summed E-state index contributed by atoms with van der Waals surface area (Å²) in [6, 6.07) is 5.97. The molecular weight excluding hydrogens is 256 g/mol. The normalized spacial score (nSPS) is 20.4. The standard InChI is InChI=1S/C12H11ClN2OS/c13-5-8-3-12(16)15(6-8)9-1-2-11-10(4-9)14-7-17-11/h1-2,4,7-8H,3,5-6H2. The number of aromatic nitrogens is 1. The zero-order valence-corrected chi connectivity index (χ0v) is 10.7. The van der Waals surface area contributed by atoms with E-state index in [0.29, 0.717) is 12.3 Å². The summed E-state index contributed by atoms with van der Waals surface area (Å²) in [7, 11) is 0. The Balaban J connectivity index is 1.95. The molecule has 0 saturated carbocycles. The van der Waals surface area contributed by atoms with Crippen LogP contribution in [0.1, 0.15) is 6.42 Å². The Morgan fingerprint density at radius 2 is 2.41 bits per heavy atom. The maximum atomic E-state index is 11.9. The first-order valence-corrected chi connectivity index (χ1v) is 6.89. The van der Waals surface area contributed by atoms with Crippen LogP contribution in [0.3, 0.4) is 0 Å². The number of hydrogen-bond donors (Lipinski definition) is 0. The van der Waals surface area contributed by atoms with Crippen molar-refractivity contribution in [2.24, 2.45) is 5.92 Å². The molecule has 1 aromatic heterocycles. The van der Waals surface area contributed by atoms with Crippen LogP contribution in [0.5, 0.6) is 0 Å². The number of alkyl halides is 1. The van der Waals surface area contributed by atoms with Crippen molar-refractivity contribution in [3.05, 3.63) is 23.7 Å². The van der Waals surface area contributed by atoms with Crippen molar-refractivity contribution >= 4 is 44.7 Å². The van der Waals surface area contributed by atoms with Crippen molar-refractivity contribution in [2.75, 3.05) is 17.3 Å². The highest BCUT2D eigenvalue weighted by atomic mass is 35.5. The minimum atomic E-state index is 0.158. The molecule has 1 aliphatic rings. The largest absolute Gasteiger partial charge is 0.312 e. The van der Waals surface area contributed by atoms with E-state index in [0.717, 1.165) is 22.4 Å². The van der Waals surface area contributed by atoms with Crippen LogP contribution in [0.2, 0.25) is 0 Å². The van der Waals surface area contributed by atoms with E-state index in [-0.39, 0.29) is 11.8 Å². The Morgan fingerprint density at radius 1 is 1.53 bits per heavy atom. The van der Waals surface area contributed by atoms with E-state index in [2.05, 4.69) is 4.98 Å². The van der Waals surface area contributed by atoms with Gasteiger partial charge >= 0.3 is 0 Å². The first kappa shape index (κ1) is 11.0. The number of fused-ring (bicyclic) bond motifs is 1. The highest BCUT2D eigenvalue weighted by molar-refractivity contribution is 7.16. The van der Waals surface area contributed by atoms with E-state index >= 15 is 0 Å². The number of carbonyl (C=O) groups is 1.